The van der Waals surface area contributed by atoms with E-state index < -0.39 is 6.10 Å². The second-order valence-electron chi connectivity index (χ2n) is 5.15. The van der Waals surface area contributed by atoms with Crippen molar-refractivity contribution in [2.75, 3.05) is 13.6 Å². The Labute approximate surface area is 130 Å². The summed E-state index contributed by atoms with van der Waals surface area (Å²) in [6.07, 6.45) is 3.12. The summed E-state index contributed by atoms with van der Waals surface area (Å²) in [5.41, 5.74) is 7.22. The molecule has 1 unspecified atom stereocenters. The number of hydrogen-bond acceptors (Lipinski definition) is 4. The van der Waals surface area contributed by atoms with Gasteiger partial charge in [0.05, 0.1) is 12.6 Å². The van der Waals surface area contributed by atoms with E-state index in [1.54, 1.807) is 6.20 Å². The quantitative estimate of drug-likeness (QED) is 0.786. The highest BCUT2D eigenvalue weighted by Gasteiger charge is 2.12. The maximum atomic E-state index is 10.3. The molecular formula is C15H20N4OS. The highest BCUT2D eigenvalue weighted by molar-refractivity contribution is 7.80. The minimum atomic E-state index is -0.560. The standard InChI is InChI=1S/C15H20N4OS/c1-18(10-14-17-7-8-19(14)2)9-13(20)11-3-5-12(6-4-11)15(16)21/h3-8,13,20H,9-10H2,1-2H3,(H2,16,21). The summed E-state index contributed by atoms with van der Waals surface area (Å²) < 4.78 is 1.97. The van der Waals surface area contributed by atoms with Crippen LogP contribution in [0.2, 0.25) is 0 Å². The zero-order valence-corrected chi connectivity index (χ0v) is 13.0. The molecule has 0 amide bonds. The van der Waals surface area contributed by atoms with Gasteiger partial charge in [-0.05, 0) is 12.6 Å². The first-order chi connectivity index (χ1) is 9.97. The van der Waals surface area contributed by atoms with Gasteiger partial charge in [-0.3, -0.25) is 4.90 Å². The van der Waals surface area contributed by atoms with Gasteiger partial charge < -0.3 is 15.4 Å². The molecule has 2 rings (SSSR count). The molecule has 0 fully saturated rings. The average Bonchev–Trinajstić information content (AvgIpc) is 2.84. The maximum absolute atomic E-state index is 10.3. The molecule has 1 aromatic carbocycles. The number of likely N-dealkylation sites (N-methyl/N-ethyl adjacent to an activating group) is 1. The fraction of sp³-hybridized carbons (Fsp3) is 0.333. The fourth-order valence-electron chi connectivity index (χ4n) is 2.12. The number of thiocarbonyl (C=S) groups is 1. The van der Waals surface area contributed by atoms with E-state index in [2.05, 4.69) is 4.98 Å². The number of aromatic nitrogens is 2. The van der Waals surface area contributed by atoms with Crippen molar-refractivity contribution in [3.05, 3.63) is 53.6 Å². The van der Waals surface area contributed by atoms with Crippen molar-refractivity contribution in [3.8, 4) is 0 Å². The molecule has 5 nitrogen and oxygen atoms in total. The van der Waals surface area contributed by atoms with Crippen molar-refractivity contribution in [2.45, 2.75) is 12.6 Å². The Morgan fingerprint density at radius 3 is 2.62 bits per heavy atom. The Morgan fingerprint density at radius 1 is 1.43 bits per heavy atom. The Bertz CT molecular complexity index is 608. The summed E-state index contributed by atoms with van der Waals surface area (Å²) in [5, 5.41) is 10.3. The SMILES string of the molecule is CN(Cc1nccn1C)CC(O)c1ccc(C(N)=S)cc1. The highest BCUT2D eigenvalue weighted by atomic mass is 32.1. The molecular weight excluding hydrogens is 284 g/mol. The van der Waals surface area contributed by atoms with E-state index in [-0.39, 0.29) is 0 Å². The third-order valence-corrected chi connectivity index (χ3v) is 3.63. The van der Waals surface area contributed by atoms with E-state index in [1.165, 1.54) is 0 Å². The lowest BCUT2D eigenvalue weighted by atomic mass is 10.1. The van der Waals surface area contributed by atoms with Gasteiger partial charge in [0.1, 0.15) is 10.8 Å². The molecule has 0 aliphatic heterocycles. The van der Waals surface area contributed by atoms with Crippen molar-refractivity contribution >= 4 is 17.2 Å². The monoisotopic (exact) mass is 304 g/mol. The van der Waals surface area contributed by atoms with E-state index in [4.69, 9.17) is 18.0 Å². The highest BCUT2D eigenvalue weighted by Crippen LogP contribution is 2.15. The molecule has 3 N–H and O–H groups in total. The summed E-state index contributed by atoms with van der Waals surface area (Å²) in [4.78, 5) is 6.68. The van der Waals surface area contributed by atoms with Gasteiger partial charge in [0, 0.05) is 31.5 Å². The normalized spacial score (nSPS) is 12.6. The number of aliphatic hydroxyl groups excluding tert-OH is 1. The van der Waals surface area contributed by atoms with Gasteiger partial charge in [0.15, 0.2) is 0 Å². The predicted molar refractivity (Wildman–Crippen MR) is 86.8 cm³/mol. The van der Waals surface area contributed by atoms with E-state index >= 15 is 0 Å². The molecule has 0 bridgehead atoms. The first kappa shape index (κ1) is 15.6. The molecule has 1 aromatic heterocycles. The van der Waals surface area contributed by atoms with Crippen LogP contribution in [0.4, 0.5) is 0 Å². The molecule has 6 heteroatoms. The molecule has 0 aliphatic rings. The van der Waals surface area contributed by atoms with Crippen LogP contribution in [0.5, 0.6) is 0 Å². The molecule has 1 heterocycles. The topological polar surface area (TPSA) is 67.3 Å². The van der Waals surface area contributed by atoms with Gasteiger partial charge >= 0.3 is 0 Å². The van der Waals surface area contributed by atoms with Crippen LogP contribution < -0.4 is 5.73 Å². The summed E-state index contributed by atoms with van der Waals surface area (Å²) in [6, 6.07) is 7.38. The maximum Gasteiger partial charge on any atom is 0.122 e. The van der Waals surface area contributed by atoms with Crippen molar-refractivity contribution < 1.29 is 5.11 Å². The molecule has 2 aromatic rings. The van der Waals surface area contributed by atoms with Crippen LogP contribution in [0, 0.1) is 0 Å². The number of hydrogen-bond donors (Lipinski definition) is 2. The molecule has 0 saturated heterocycles. The molecule has 0 aliphatic carbocycles. The summed E-state index contributed by atoms with van der Waals surface area (Å²) in [7, 11) is 3.92. The second-order valence-corrected chi connectivity index (χ2v) is 5.59. The lowest BCUT2D eigenvalue weighted by molar-refractivity contribution is 0.122. The van der Waals surface area contributed by atoms with Crippen LogP contribution >= 0.6 is 12.2 Å². The molecule has 112 valence electrons. The van der Waals surface area contributed by atoms with Crippen molar-refractivity contribution in [2.24, 2.45) is 12.8 Å². The van der Waals surface area contributed by atoms with Gasteiger partial charge in [-0.2, -0.15) is 0 Å². The van der Waals surface area contributed by atoms with Crippen LogP contribution in [-0.4, -0.2) is 38.1 Å². The average molecular weight is 304 g/mol. The first-order valence-electron chi connectivity index (χ1n) is 6.70. The predicted octanol–water partition coefficient (Wildman–Crippen LogP) is 1.22. The van der Waals surface area contributed by atoms with Gasteiger partial charge in [-0.15, -0.1) is 0 Å². The third-order valence-electron chi connectivity index (χ3n) is 3.40. The second kappa shape index (κ2) is 6.80. The first-order valence-corrected chi connectivity index (χ1v) is 7.10. The number of nitrogens with two attached hydrogens (primary N) is 1. The van der Waals surface area contributed by atoms with Crippen molar-refractivity contribution in [1.29, 1.82) is 0 Å². The number of aliphatic hydroxyl groups is 1. The van der Waals surface area contributed by atoms with E-state index in [0.29, 0.717) is 18.1 Å². The van der Waals surface area contributed by atoms with Crippen LogP contribution in [0.25, 0.3) is 0 Å². The molecule has 0 saturated carbocycles. The van der Waals surface area contributed by atoms with E-state index in [1.807, 2.05) is 54.0 Å². The Hall–Kier alpha value is -1.76. The number of benzene rings is 1. The molecule has 0 radical (unpaired) electrons. The Kier molecular flexibility index (Phi) is 5.06. The largest absolute Gasteiger partial charge is 0.389 e. The number of imidazole rings is 1. The zero-order chi connectivity index (χ0) is 15.4. The van der Waals surface area contributed by atoms with Crippen molar-refractivity contribution in [3.63, 3.8) is 0 Å². The van der Waals surface area contributed by atoms with Gasteiger partial charge in [0.25, 0.3) is 0 Å². The van der Waals surface area contributed by atoms with Crippen LogP contribution in [0.15, 0.2) is 36.7 Å². The smallest absolute Gasteiger partial charge is 0.122 e. The summed E-state index contributed by atoms with van der Waals surface area (Å²) in [6.45, 7) is 1.21. The van der Waals surface area contributed by atoms with Crippen LogP contribution in [-0.2, 0) is 13.6 Å². The summed E-state index contributed by atoms with van der Waals surface area (Å²) in [5.74, 6) is 0.966. The van der Waals surface area contributed by atoms with Crippen molar-refractivity contribution in [1.82, 2.24) is 14.5 Å². The van der Waals surface area contributed by atoms with E-state index in [9.17, 15) is 5.11 Å². The molecule has 21 heavy (non-hydrogen) atoms. The Morgan fingerprint density at radius 2 is 2.10 bits per heavy atom. The summed E-state index contributed by atoms with van der Waals surface area (Å²) >= 11 is 4.92. The third kappa shape index (κ3) is 4.10. The number of aryl methyl sites for hydroxylation is 1. The van der Waals surface area contributed by atoms with Crippen LogP contribution in [0.3, 0.4) is 0 Å². The number of rotatable bonds is 6. The van der Waals surface area contributed by atoms with Crippen LogP contribution in [0.1, 0.15) is 23.1 Å². The lowest BCUT2D eigenvalue weighted by Crippen LogP contribution is -2.25. The minimum absolute atomic E-state index is 0.364. The fourth-order valence-corrected chi connectivity index (χ4v) is 2.26. The Balaban J connectivity index is 1.95. The molecule has 0 spiro atoms. The lowest BCUT2D eigenvalue weighted by Gasteiger charge is -2.20. The minimum Gasteiger partial charge on any atom is -0.389 e. The number of nitrogens with zero attached hydrogens (tertiary/aromatic N) is 3. The van der Waals surface area contributed by atoms with Gasteiger partial charge in [-0.25, -0.2) is 4.98 Å². The zero-order valence-electron chi connectivity index (χ0n) is 12.2. The van der Waals surface area contributed by atoms with E-state index in [0.717, 1.165) is 17.0 Å². The van der Waals surface area contributed by atoms with Gasteiger partial charge in [0.2, 0.25) is 0 Å². The molecule has 1 atom stereocenters. The van der Waals surface area contributed by atoms with Gasteiger partial charge in [-0.1, -0.05) is 36.5 Å².